The fourth-order valence-corrected chi connectivity index (χ4v) is 3.24. The van der Waals surface area contributed by atoms with E-state index in [9.17, 15) is 4.79 Å². The van der Waals surface area contributed by atoms with E-state index in [-0.39, 0.29) is 11.9 Å². The molecule has 0 aromatic carbocycles. The van der Waals surface area contributed by atoms with Crippen LogP contribution in [0.1, 0.15) is 57.0 Å². The third-order valence-corrected chi connectivity index (χ3v) is 4.71. The van der Waals surface area contributed by atoms with E-state index in [1.807, 2.05) is 13.0 Å². The Morgan fingerprint density at radius 2 is 2.12 bits per heavy atom. The average molecular weight is 348 g/mol. The molecule has 2 N–H and O–H groups in total. The molecular formula is C19H33N5O. The summed E-state index contributed by atoms with van der Waals surface area (Å²) in [6.45, 7) is 6.45. The third-order valence-electron chi connectivity index (χ3n) is 4.71. The summed E-state index contributed by atoms with van der Waals surface area (Å²) in [6.07, 6.45) is 7.68. The van der Waals surface area contributed by atoms with Crippen LogP contribution in [0.5, 0.6) is 0 Å². The Hall–Kier alpha value is -1.69. The van der Waals surface area contributed by atoms with Crippen LogP contribution in [0.25, 0.3) is 0 Å². The van der Waals surface area contributed by atoms with Crippen molar-refractivity contribution in [2.75, 3.05) is 32.0 Å². The molecule has 1 aromatic heterocycles. The van der Waals surface area contributed by atoms with Crippen LogP contribution in [0.15, 0.2) is 6.07 Å². The number of hydrogen-bond acceptors (Lipinski definition) is 5. The normalized spacial score (nSPS) is 18.6. The molecule has 1 saturated heterocycles. The van der Waals surface area contributed by atoms with Crippen LogP contribution in [0, 0.1) is 6.92 Å². The van der Waals surface area contributed by atoms with Gasteiger partial charge in [-0.15, -0.1) is 0 Å². The van der Waals surface area contributed by atoms with Crippen LogP contribution in [0.3, 0.4) is 0 Å². The lowest BCUT2D eigenvalue weighted by Crippen LogP contribution is -2.45. The zero-order valence-corrected chi connectivity index (χ0v) is 16.0. The molecule has 0 aliphatic carbocycles. The molecule has 1 aliphatic heterocycles. The second-order valence-corrected chi connectivity index (χ2v) is 6.98. The third kappa shape index (κ3) is 6.61. The SMILES string of the molecule is CCCCc1nc(C)cc(NCCNC(=O)[C@@H]2CCCCCN2C)n1. The Kier molecular flexibility index (Phi) is 8.12. The largest absolute Gasteiger partial charge is 0.368 e. The lowest BCUT2D eigenvalue weighted by Gasteiger charge is -2.24. The fourth-order valence-electron chi connectivity index (χ4n) is 3.24. The zero-order valence-electron chi connectivity index (χ0n) is 16.0. The number of aryl methyl sites for hydroxylation is 2. The van der Waals surface area contributed by atoms with Gasteiger partial charge in [0.25, 0.3) is 0 Å². The quantitative estimate of drug-likeness (QED) is 0.707. The summed E-state index contributed by atoms with van der Waals surface area (Å²) in [6, 6.07) is 1.97. The first-order chi connectivity index (χ1) is 12.1. The van der Waals surface area contributed by atoms with E-state index in [1.54, 1.807) is 0 Å². The second-order valence-electron chi connectivity index (χ2n) is 6.98. The van der Waals surface area contributed by atoms with E-state index in [1.165, 1.54) is 12.8 Å². The summed E-state index contributed by atoms with van der Waals surface area (Å²) in [5.41, 5.74) is 0.979. The van der Waals surface area contributed by atoms with E-state index < -0.39 is 0 Å². The highest BCUT2D eigenvalue weighted by Gasteiger charge is 2.24. The van der Waals surface area contributed by atoms with Gasteiger partial charge in [0.1, 0.15) is 11.6 Å². The predicted molar refractivity (Wildman–Crippen MR) is 102 cm³/mol. The Labute approximate surface area is 151 Å². The number of likely N-dealkylation sites (tertiary alicyclic amines) is 1. The first-order valence-corrected chi connectivity index (χ1v) is 9.66. The predicted octanol–water partition coefficient (Wildman–Crippen LogP) is 2.53. The zero-order chi connectivity index (χ0) is 18.1. The molecule has 2 heterocycles. The molecule has 0 bridgehead atoms. The Balaban J connectivity index is 1.76. The van der Waals surface area contributed by atoms with Crippen molar-refractivity contribution in [1.82, 2.24) is 20.2 Å². The van der Waals surface area contributed by atoms with Crippen LogP contribution >= 0.6 is 0 Å². The summed E-state index contributed by atoms with van der Waals surface area (Å²) in [4.78, 5) is 23.6. The molecular weight excluding hydrogens is 314 g/mol. The molecule has 2 rings (SSSR count). The van der Waals surface area contributed by atoms with Crippen LogP contribution in [0.4, 0.5) is 5.82 Å². The van der Waals surface area contributed by atoms with Gasteiger partial charge in [0.15, 0.2) is 0 Å². The summed E-state index contributed by atoms with van der Waals surface area (Å²) >= 11 is 0. The summed E-state index contributed by atoms with van der Waals surface area (Å²) in [5.74, 6) is 1.89. The summed E-state index contributed by atoms with van der Waals surface area (Å²) in [5, 5.41) is 6.36. The van der Waals surface area contributed by atoms with Gasteiger partial charge in [-0.1, -0.05) is 26.2 Å². The molecule has 140 valence electrons. The van der Waals surface area contributed by atoms with Crippen molar-refractivity contribution in [2.24, 2.45) is 0 Å². The fraction of sp³-hybridized carbons (Fsp3) is 0.737. The van der Waals surface area contributed by atoms with Crippen molar-refractivity contribution in [3.63, 3.8) is 0 Å². The Bertz CT molecular complexity index is 549. The van der Waals surface area contributed by atoms with Gasteiger partial charge < -0.3 is 10.6 Å². The number of amides is 1. The van der Waals surface area contributed by atoms with Gasteiger partial charge in [-0.3, -0.25) is 9.69 Å². The van der Waals surface area contributed by atoms with E-state index >= 15 is 0 Å². The minimum Gasteiger partial charge on any atom is -0.368 e. The Morgan fingerprint density at radius 1 is 1.28 bits per heavy atom. The standard InChI is InChI=1S/C19H33N5O/c1-4-5-10-17-22-15(2)14-18(23-17)20-11-12-21-19(25)16-9-7-6-8-13-24(16)3/h14,16H,4-13H2,1-3H3,(H,21,25)(H,20,22,23)/t16-/m0/s1. The van der Waals surface area contributed by atoms with Crippen LogP contribution in [-0.4, -0.2) is 53.5 Å². The number of anilines is 1. The Morgan fingerprint density at radius 3 is 2.92 bits per heavy atom. The molecule has 1 aromatic rings. The van der Waals surface area contributed by atoms with Crippen LogP contribution < -0.4 is 10.6 Å². The van der Waals surface area contributed by atoms with Crippen molar-refractivity contribution >= 4 is 11.7 Å². The number of unbranched alkanes of at least 4 members (excludes halogenated alkanes) is 1. The van der Waals surface area contributed by atoms with E-state index in [0.717, 1.165) is 56.0 Å². The maximum Gasteiger partial charge on any atom is 0.237 e. The van der Waals surface area contributed by atoms with Gasteiger partial charge >= 0.3 is 0 Å². The molecule has 25 heavy (non-hydrogen) atoms. The van der Waals surface area contributed by atoms with Crippen LogP contribution in [0.2, 0.25) is 0 Å². The van der Waals surface area contributed by atoms with Gasteiger partial charge in [-0.25, -0.2) is 9.97 Å². The number of carbonyl (C=O) groups excluding carboxylic acids is 1. The molecule has 0 radical (unpaired) electrons. The lowest BCUT2D eigenvalue weighted by atomic mass is 10.1. The minimum absolute atomic E-state index is 0.0180. The topological polar surface area (TPSA) is 70.2 Å². The smallest absolute Gasteiger partial charge is 0.237 e. The number of carbonyl (C=O) groups is 1. The molecule has 1 fully saturated rings. The van der Waals surface area contributed by atoms with Crippen molar-refractivity contribution in [2.45, 2.75) is 64.8 Å². The molecule has 0 saturated carbocycles. The number of nitrogens with zero attached hydrogens (tertiary/aromatic N) is 3. The van der Waals surface area contributed by atoms with E-state index in [0.29, 0.717) is 13.1 Å². The highest BCUT2D eigenvalue weighted by atomic mass is 16.2. The highest BCUT2D eigenvalue weighted by molar-refractivity contribution is 5.81. The first kappa shape index (κ1) is 19.6. The van der Waals surface area contributed by atoms with E-state index in [4.69, 9.17) is 0 Å². The van der Waals surface area contributed by atoms with E-state index in [2.05, 4.69) is 39.5 Å². The molecule has 0 spiro atoms. The maximum atomic E-state index is 12.4. The molecule has 1 atom stereocenters. The second kappa shape index (κ2) is 10.3. The number of nitrogens with one attached hydrogen (secondary N) is 2. The number of aromatic nitrogens is 2. The summed E-state index contributed by atoms with van der Waals surface area (Å²) in [7, 11) is 2.05. The van der Waals surface area contributed by atoms with Gasteiger partial charge in [0.05, 0.1) is 6.04 Å². The first-order valence-electron chi connectivity index (χ1n) is 9.66. The molecule has 6 heteroatoms. The van der Waals surface area contributed by atoms with Crippen molar-refractivity contribution < 1.29 is 4.79 Å². The molecule has 0 unspecified atom stereocenters. The van der Waals surface area contributed by atoms with Crippen LogP contribution in [-0.2, 0) is 11.2 Å². The van der Waals surface area contributed by atoms with Crippen molar-refractivity contribution in [3.05, 3.63) is 17.6 Å². The highest BCUT2D eigenvalue weighted by Crippen LogP contribution is 2.15. The maximum absolute atomic E-state index is 12.4. The van der Waals surface area contributed by atoms with Gasteiger partial charge in [0, 0.05) is 31.3 Å². The number of rotatable bonds is 8. The lowest BCUT2D eigenvalue weighted by molar-refractivity contribution is -0.125. The average Bonchev–Trinajstić information content (AvgIpc) is 2.81. The van der Waals surface area contributed by atoms with Crippen molar-refractivity contribution in [3.8, 4) is 0 Å². The molecule has 1 aliphatic rings. The molecule has 1 amide bonds. The minimum atomic E-state index is 0.0180. The van der Waals surface area contributed by atoms with Gasteiger partial charge in [-0.05, 0) is 39.8 Å². The number of hydrogen-bond donors (Lipinski definition) is 2. The van der Waals surface area contributed by atoms with Gasteiger partial charge in [-0.2, -0.15) is 0 Å². The monoisotopic (exact) mass is 347 g/mol. The van der Waals surface area contributed by atoms with Gasteiger partial charge in [0.2, 0.25) is 5.91 Å². The number of likely N-dealkylation sites (N-methyl/N-ethyl adjacent to an activating group) is 1. The van der Waals surface area contributed by atoms with Crippen molar-refractivity contribution in [1.29, 1.82) is 0 Å². The summed E-state index contributed by atoms with van der Waals surface area (Å²) < 4.78 is 0. The molecule has 6 nitrogen and oxygen atoms in total.